The average Bonchev–Trinajstić information content (AvgIpc) is 3.67. The normalized spacial score (nSPS) is 13.1. The molecule has 1 aliphatic rings. The van der Waals surface area contributed by atoms with Crippen molar-refractivity contribution in [3.05, 3.63) is 187 Å². The SMILES string of the molecule is CC1(C)c2ccccc2-c2ccc(N(c3cccc(-c4ccccc4)c3)c3ccc4oc5cc(-c6ccccc6)c6ccccc6c5c4c3)cc21. The van der Waals surface area contributed by atoms with Crippen LogP contribution in [0.4, 0.5) is 17.1 Å². The lowest BCUT2D eigenvalue weighted by atomic mass is 9.82. The smallest absolute Gasteiger partial charge is 0.136 e. The van der Waals surface area contributed by atoms with Crippen LogP contribution in [-0.4, -0.2) is 0 Å². The van der Waals surface area contributed by atoms with Gasteiger partial charge in [0.25, 0.3) is 0 Å². The highest BCUT2D eigenvalue weighted by Gasteiger charge is 2.35. The summed E-state index contributed by atoms with van der Waals surface area (Å²) < 4.78 is 6.65. The van der Waals surface area contributed by atoms with Gasteiger partial charge in [-0.25, -0.2) is 0 Å². The lowest BCUT2D eigenvalue weighted by molar-refractivity contribution is 0.660. The third-order valence-corrected chi connectivity index (χ3v) is 10.8. The maximum absolute atomic E-state index is 6.65. The van der Waals surface area contributed by atoms with Crippen LogP contribution in [0.5, 0.6) is 0 Å². The maximum Gasteiger partial charge on any atom is 0.136 e. The van der Waals surface area contributed by atoms with Gasteiger partial charge in [-0.2, -0.15) is 0 Å². The summed E-state index contributed by atoms with van der Waals surface area (Å²) in [6.45, 7) is 4.70. The summed E-state index contributed by atoms with van der Waals surface area (Å²) >= 11 is 0. The molecule has 0 aliphatic heterocycles. The topological polar surface area (TPSA) is 16.4 Å². The molecule has 0 spiro atoms. The van der Waals surface area contributed by atoms with Crippen LogP contribution < -0.4 is 4.90 Å². The van der Waals surface area contributed by atoms with E-state index in [1.807, 2.05) is 0 Å². The number of rotatable bonds is 5. The van der Waals surface area contributed by atoms with Crippen LogP contribution >= 0.6 is 0 Å². The molecule has 10 rings (SSSR count). The quantitative estimate of drug-likeness (QED) is 0.184. The second-order valence-electron chi connectivity index (χ2n) is 14.1. The molecule has 0 N–H and O–H groups in total. The van der Waals surface area contributed by atoms with Gasteiger partial charge in [-0.05, 0) is 104 Å². The Morgan fingerprint density at radius 1 is 0.392 bits per heavy atom. The molecule has 0 fully saturated rings. The van der Waals surface area contributed by atoms with Gasteiger partial charge in [0.1, 0.15) is 11.2 Å². The molecule has 51 heavy (non-hydrogen) atoms. The Morgan fingerprint density at radius 3 is 1.84 bits per heavy atom. The maximum atomic E-state index is 6.65. The molecule has 0 bridgehead atoms. The van der Waals surface area contributed by atoms with Crippen LogP contribution in [0.25, 0.3) is 66.1 Å². The standard InChI is InChI=1S/C49H35NO/c1-49(2)44-23-12-11-21-39(44)40-26-24-37(30-45(40)49)50(35-19-13-18-34(28-35)32-14-5-3-6-15-32)36-25-27-46-43(29-36)48-41-22-10-9-20-38(41)42(31-47(48)51-46)33-16-7-4-8-17-33/h3-31H,1-2H3. The number of furan rings is 1. The molecule has 0 radical (unpaired) electrons. The van der Waals surface area contributed by atoms with Gasteiger partial charge in [-0.15, -0.1) is 0 Å². The second-order valence-corrected chi connectivity index (χ2v) is 14.1. The van der Waals surface area contributed by atoms with Crippen molar-refractivity contribution in [1.29, 1.82) is 0 Å². The number of nitrogens with zero attached hydrogens (tertiary/aromatic N) is 1. The molecule has 9 aromatic rings. The molecule has 0 saturated heterocycles. The van der Waals surface area contributed by atoms with Gasteiger partial charge < -0.3 is 9.32 Å². The summed E-state index contributed by atoms with van der Waals surface area (Å²) in [6, 6.07) is 63.6. The van der Waals surface area contributed by atoms with Crippen molar-refractivity contribution in [3.8, 4) is 33.4 Å². The van der Waals surface area contributed by atoms with Crippen molar-refractivity contribution in [3.63, 3.8) is 0 Å². The minimum Gasteiger partial charge on any atom is -0.456 e. The number of hydrogen-bond donors (Lipinski definition) is 0. The monoisotopic (exact) mass is 653 g/mol. The summed E-state index contributed by atoms with van der Waals surface area (Å²) in [5.74, 6) is 0. The van der Waals surface area contributed by atoms with Crippen molar-refractivity contribution in [2.75, 3.05) is 4.90 Å². The van der Waals surface area contributed by atoms with Crippen LogP contribution in [0.3, 0.4) is 0 Å². The Morgan fingerprint density at radius 2 is 1.02 bits per heavy atom. The lowest BCUT2D eigenvalue weighted by Crippen LogP contribution is -2.16. The average molecular weight is 654 g/mol. The van der Waals surface area contributed by atoms with E-state index in [9.17, 15) is 0 Å². The van der Waals surface area contributed by atoms with Gasteiger partial charge in [0.2, 0.25) is 0 Å². The molecule has 2 heteroatoms. The molecular weight excluding hydrogens is 619 g/mol. The number of fused-ring (bicyclic) bond motifs is 8. The highest BCUT2D eigenvalue weighted by molar-refractivity contribution is 6.22. The van der Waals surface area contributed by atoms with Crippen molar-refractivity contribution < 1.29 is 4.42 Å². The minimum absolute atomic E-state index is 0.112. The summed E-state index contributed by atoms with van der Waals surface area (Å²) in [6.07, 6.45) is 0. The lowest BCUT2D eigenvalue weighted by Gasteiger charge is -2.28. The Balaban J connectivity index is 1.20. The Hall–Kier alpha value is -6.38. The van der Waals surface area contributed by atoms with Crippen LogP contribution in [0, 0.1) is 0 Å². The largest absolute Gasteiger partial charge is 0.456 e. The van der Waals surface area contributed by atoms with E-state index in [0.29, 0.717) is 0 Å². The van der Waals surface area contributed by atoms with Gasteiger partial charge in [-0.3, -0.25) is 0 Å². The molecule has 0 unspecified atom stereocenters. The third-order valence-electron chi connectivity index (χ3n) is 10.8. The zero-order valence-electron chi connectivity index (χ0n) is 28.6. The van der Waals surface area contributed by atoms with E-state index in [2.05, 4.69) is 195 Å². The summed E-state index contributed by atoms with van der Waals surface area (Å²) in [4.78, 5) is 2.41. The van der Waals surface area contributed by atoms with E-state index < -0.39 is 0 Å². The van der Waals surface area contributed by atoms with E-state index in [0.717, 1.165) is 39.0 Å². The molecule has 242 valence electrons. The van der Waals surface area contributed by atoms with E-state index in [4.69, 9.17) is 4.42 Å². The fourth-order valence-corrected chi connectivity index (χ4v) is 8.36. The van der Waals surface area contributed by atoms with Gasteiger partial charge in [-0.1, -0.05) is 141 Å². The zero-order valence-corrected chi connectivity index (χ0v) is 28.6. The van der Waals surface area contributed by atoms with Crippen molar-refractivity contribution in [1.82, 2.24) is 0 Å². The van der Waals surface area contributed by atoms with E-state index in [1.165, 1.54) is 55.3 Å². The molecule has 1 heterocycles. The third kappa shape index (κ3) is 4.64. The predicted octanol–water partition coefficient (Wildman–Crippen LogP) is 13.8. The molecular formula is C49H35NO. The molecule has 0 atom stereocenters. The summed E-state index contributed by atoms with van der Waals surface area (Å²) in [7, 11) is 0. The van der Waals surface area contributed by atoms with Crippen molar-refractivity contribution >= 4 is 49.8 Å². The molecule has 1 aromatic heterocycles. The fourth-order valence-electron chi connectivity index (χ4n) is 8.36. The summed E-state index contributed by atoms with van der Waals surface area (Å²) in [5.41, 5.74) is 15.1. The van der Waals surface area contributed by atoms with Crippen molar-refractivity contribution in [2.24, 2.45) is 0 Å². The van der Waals surface area contributed by atoms with Crippen LogP contribution in [-0.2, 0) is 5.41 Å². The summed E-state index contributed by atoms with van der Waals surface area (Å²) in [5, 5.41) is 4.67. The van der Waals surface area contributed by atoms with Crippen LogP contribution in [0.2, 0.25) is 0 Å². The number of hydrogen-bond acceptors (Lipinski definition) is 2. The Bertz CT molecular complexity index is 2770. The second kappa shape index (κ2) is 11.3. The predicted molar refractivity (Wildman–Crippen MR) is 214 cm³/mol. The van der Waals surface area contributed by atoms with Crippen molar-refractivity contribution in [2.45, 2.75) is 19.3 Å². The van der Waals surface area contributed by atoms with Gasteiger partial charge >= 0.3 is 0 Å². The van der Waals surface area contributed by atoms with Gasteiger partial charge in [0, 0.05) is 33.2 Å². The number of benzene rings is 8. The zero-order chi connectivity index (χ0) is 34.1. The molecule has 1 aliphatic carbocycles. The fraction of sp³-hybridized carbons (Fsp3) is 0.0612. The van der Waals surface area contributed by atoms with Gasteiger partial charge in [0.05, 0.1) is 0 Å². The Kier molecular flexibility index (Phi) is 6.56. The van der Waals surface area contributed by atoms with Crippen LogP contribution in [0.1, 0.15) is 25.0 Å². The first-order chi connectivity index (χ1) is 25.0. The molecule has 2 nitrogen and oxygen atoms in total. The van der Waals surface area contributed by atoms with Crippen LogP contribution in [0.15, 0.2) is 180 Å². The molecule has 0 saturated carbocycles. The van der Waals surface area contributed by atoms with E-state index >= 15 is 0 Å². The molecule has 0 amide bonds. The first-order valence-electron chi connectivity index (χ1n) is 17.7. The minimum atomic E-state index is -0.112. The van der Waals surface area contributed by atoms with E-state index in [1.54, 1.807) is 0 Å². The number of anilines is 3. The first-order valence-corrected chi connectivity index (χ1v) is 17.7. The van der Waals surface area contributed by atoms with Gasteiger partial charge in [0.15, 0.2) is 0 Å². The first kappa shape index (κ1) is 29.5. The highest BCUT2D eigenvalue weighted by Crippen LogP contribution is 2.51. The Labute approximate surface area is 297 Å². The van der Waals surface area contributed by atoms with E-state index in [-0.39, 0.29) is 5.41 Å². The molecule has 8 aromatic carbocycles. The highest BCUT2D eigenvalue weighted by atomic mass is 16.3.